The highest BCUT2D eigenvalue weighted by Crippen LogP contribution is 2.18. The first-order valence-electron chi connectivity index (χ1n) is 10.6. The second-order valence-corrected chi connectivity index (χ2v) is 8.67. The molecule has 0 aliphatic rings. The van der Waals surface area contributed by atoms with E-state index in [1.54, 1.807) is 6.07 Å². The molecule has 1 N–H and O–H groups in total. The van der Waals surface area contributed by atoms with E-state index < -0.39 is 0 Å². The molecule has 0 saturated carbocycles. The first-order valence-corrected chi connectivity index (χ1v) is 11.4. The van der Waals surface area contributed by atoms with Gasteiger partial charge in [-0.25, -0.2) is 0 Å². The monoisotopic (exact) mass is 428 g/mol. The molecule has 5 nitrogen and oxygen atoms in total. The normalized spacial score (nSPS) is 10.9. The standard InChI is InChI=1S/C24H32N2O3S/c1-4-26(5-2)17-20-9-7-6-8-19(20)16-25-24(29)15-12-21(27)11-13-22(28)23-14-10-18(3)30-23/h6-10,14H,4-5,11-13,15-17H2,1-3H3,(H,25,29). The second kappa shape index (κ2) is 12.4. The number of rotatable bonds is 13. The molecule has 0 unspecified atom stereocenters. The largest absolute Gasteiger partial charge is 0.352 e. The van der Waals surface area contributed by atoms with Crippen LogP contribution in [0.1, 0.15) is 65.2 Å². The van der Waals surface area contributed by atoms with Crippen LogP contribution in [0.2, 0.25) is 0 Å². The molecule has 30 heavy (non-hydrogen) atoms. The van der Waals surface area contributed by atoms with Gasteiger partial charge in [0.05, 0.1) is 4.88 Å². The molecule has 0 aliphatic heterocycles. The molecule has 0 spiro atoms. The maximum absolute atomic E-state index is 12.2. The lowest BCUT2D eigenvalue weighted by Crippen LogP contribution is -2.26. The fourth-order valence-corrected chi connectivity index (χ4v) is 4.03. The van der Waals surface area contributed by atoms with E-state index in [1.807, 2.05) is 31.2 Å². The summed E-state index contributed by atoms with van der Waals surface area (Å²) in [5, 5.41) is 2.92. The summed E-state index contributed by atoms with van der Waals surface area (Å²) in [6.45, 7) is 9.50. The topological polar surface area (TPSA) is 66.5 Å². The SMILES string of the molecule is CCN(CC)Cc1ccccc1CNC(=O)CCC(=O)CCC(=O)c1ccc(C)s1. The predicted molar refractivity (Wildman–Crippen MR) is 122 cm³/mol. The zero-order chi connectivity index (χ0) is 21.9. The number of carbonyl (C=O) groups is 3. The van der Waals surface area contributed by atoms with Crippen LogP contribution in [0.3, 0.4) is 0 Å². The van der Waals surface area contributed by atoms with E-state index in [2.05, 4.69) is 30.1 Å². The number of amides is 1. The van der Waals surface area contributed by atoms with Crippen molar-refractivity contribution < 1.29 is 14.4 Å². The lowest BCUT2D eigenvalue weighted by atomic mass is 10.1. The number of carbonyl (C=O) groups excluding carboxylic acids is 3. The Balaban J connectivity index is 1.73. The fourth-order valence-electron chi connectivity index (χ4n) is 3.19. The number of aryl methyl sites for hydroxylation is 1. The highest BCUT2D eigenvalue weighted by atomic mass is 32.1. The van der Waals surface area contributed by atoms with Gasteiger partial charge in [0.2, 0.25) is 5.91 Å². The van der Waals surface area contributed by atoms with Crippen LogP contribution in [0.15, 0.2) is 36.4 Å². The van der Waals surface area contributed by atoms with E-state index in [-0.39, 0.29) is 43.2 Å². The maximum Gasteiger partial charge on any atom is 0.220 e. The number of nitrogens with one attached hydrogen (secondary N) is 1. The van der Waals surface area contributed by atoms with Crippen molar-refractivity contribution in [3.8, 4) is 0 Å². The van der Waals surface area contributed by atoms with Crippen LogP contribution in [0.5, 0.6) is 0 Å². The van der Waals surface area contributed by atoms with E-state index in [0.717, 1.165) is 30.1 Å². The number of nitrogens with zero attached hydrogens (tertiary/aromatic N) is 1. The van der Waals surface area contributed by atoms with E-state index in [9.17, 15) is 14.4 Å². The third-order valence-electron chi connectivity index (χ3n) is 5.16. The van der Waals surface area contributed by atoms with Crippen molar-refractivity contribution in [2.45, 2.75) is 59.5 Å². The summed E-state index contributed by atoms with van der Waals surface area (Å²) in [6.07, 6.45) is 0.724. The first-order chi connectivity index (χ1) is 14.4. The number of benzene rings is 1. The Labute approximate surface area is 183 Å². The summed E-state index contributed by atoms with van der Waals surface area (Å²) in [5.41, 5.74) is 2.31. The zero-order valence-electron chi connectivity index (χ0n) is 18.2. The van der Waals surface area contributed by atoms with Crippen LogP contribution in [-0.2, 0) is 22.7 Å². The van der Waals surface area contributed by atoms with Crippen molar-refractivity contribution in [3.05, 3.63) is 57.3 Å². The van der Waals surface area contributed by atoms with Gasteiger partial charge < -0.3 is 5.32 Å². The number of thiophene rings is 1. The predicted octanol–water partition coefficient (Wildman–Crippen LogP) is 4.53. The molecule has 1 amide bonds. The van der Waals surface area contributed by atoms with Gasteiger partial charge >= 0.3 is 0 Å². The fraction of sp³-hybridized carbons (Fsp3) is 0.458. The van der Waals surface area contributed by atoms with E-state index in [0.29, 0.717) is 11.4 Å². The minimum Gasteiger partial charge on any atom is -0.352 e. The minimum atomic E-state index is -0.138. The molecule has 6 heteroatoms. The average Bonchev–Trinajstić information content (AvgIpc) is 3.19. The smallest absolute Gasteiger partial charge is 0.220 e. The molecule has 2 rings (SSSR count). The van der Waals surface area contributed by atoms with Crippen molar-refractivity contribution in [3.63, 3.8) is 0 Å². The summed E-state index contributed by atoms with van der Waals surface area (Å²) in [4.78, 5) is 40.5. The molecule has 0 radical (unpaired) electrons. The Bertz CT molecular complexity index is 856. The Morgan fingerprint density at radius 3 is 2.20 bits per heavy atom. The van der Waals surface area contributed by atoms with Gasteiger partial charge in [0.15, 0.2) is 5.78 Å². The van der Waals surface area contributed by atoms with Crippen LogP contribution >= 0.6 is 11.3 Å². The van der Waals surface area contributed by atoms with Crippen molar-refractivity contribution in [1.82, 2.24) is 10.2 Å². The van der Waals surface area contributed by atoms with Crippen LogP contribution in [0, 0.1) is 6.92 Å². The molecule has 0 bridgehead atoms. The summed E-state index contributed by atoms with van der Waals surface area (Å²) in [7, 11) is 0. The van der Waals surface area contributed by atoms with Gasteiger partial charge in [0.25, 0.3) is 0 Å². The highest BCUT2D eigenvalue weighted by molar-refractivity contribution is 7.14. The third kappa shape index (κ3) is 7.84. The molecule has 0 fully saturated rings. The number of ketones is 2. The molecular formula is C24H32N2O3S. The maximum atomic E-state index is 12.2. The van der Waals surface area contributed by atoms with Gasteiger partial charge in [0.1, 0.15) is 5.78 Å². The quantitative estimate of drug-likeness (QED) is 0.476. The lowest BCUT2D eigenvalue weighted by molar-refractivity contribution is -0.125. The number of Topliss-reactive ketones (excluding diaryl/α,β-unsaturated/α-hetero) is 2. The van der Waals surface area contributed by atoms with Crippen molar-refractivity contribution in [2.75, 3.05) is 13.1 Å². The lowest BCUT2D eigenvalue weighted by Gasteiger charge is -2.20. The molecule has 0 saturated heterocycles. The molecule has 162 valence electrons. The average molecular weight is 429 g/mol. The molecular weight excluding hydrogens is 396 g/mol. The van der Waals surface area contributed by atoms with E-state index in [1.165, 1.54) is 16.9 Å². The molecule has 1 aromatic carbocycles. The summed E-state index contributed by atoms with van der Waals surface area (Å²) < 4.78 is 0. The summed E-state index contributed by atoms with van der Waals surface area (Å²) in [6, 6.07) is 11.8. The molecule has 1 aromatic heterocycles. The van der Waals surface area contributed by atoms with Gasteiger partial charge in [-0.1, -0.05) is 38.1 Å². The Hall–Kier alpha value is -2.31. The molecule has 0 atom stereocenters. The van der Waals surface area contributed by atoms with Gasteiger partial charge in [-0.3, -0.25) is 19.3 Å². The van der Waals surface area contributed by atoms with Crippen LogP contribution < -0.4 is 5.32 Å². The number of hydrogen-bond donors (Lipinski definition) is 1. The summed E-state index contributed by atoms with van der Waals surface area (Å²) >= 11 is 1.45. The van der Waals surface area contributed by atoms with E-state index in [4.69, 9.17) is 0 Å². The Kier molecular flexibility index (Phi) is 9.91. The third-order valence-corrected chi connectivity index (χ3v) is 6.20. The molecule has 0 aliphatic carbocycles. The molecule has 2 aromatic rings. The van der Waals surface area contributed by atoms with Crippen molar-refractivity contribution in [1.29, 1.82) is 0 Å². The highest BCUT2D eigenvalue weighted by Gasteiger charge is 2.13. The molecule has 1 heterocycles. The van der Waals surface area contributed by atoms with Crippen molar-refractivity contribution >= 4 is 28.8 Å². The second-order valence-electron chi connectivity index (χ2n) is 7.38. The van der Waals surface area contributed by atoms with Crippen LogP contribution in [-0.4, -0.2) is 35.5 Å². The first kappa shape index (κ1) is 24.0. The van der Waals surface area contributed by atoms with Gasteiger partial charge in [-0.2, -0.15) is 0 Å². The minimum absolute atomic E-state index is 0.00397. The van der Waals surface area contributed by atoms with Crippen LogP contribution in [0.4, 0.5) is 0 Å². The Morgan fingerprint density at radius 2 is 1.57 bits per heavy atom. The van der Waals surface area contributed by atoms with E-state index >= 15 is 0 Å². The zero-order valence-corrected chi connectivity index (χ0v) is 19.0. The number of hydrogen-bond acceptors (Lipinski definition) is 5. The summed E-state index contributed by atoms with van der Waals surface area (Å²) in [5.74, 6) is -0.189. The van der Waals surface area contributed by atoms with Crippen LogP contribution in [0.25, 0.3) is 0 Å². The van der Waals surface area contributed by atoms with Crippen molar-refractivity contribution in [2.24, 2.45) is 0 Å². The van der Waals surface area contributed by atoms with Gasteiger partial charge in [-0.15, -0.1) is 11.3 Å². The Morgan fingerprint density at radius 1 is 0.900 bits per heavy atom. The van der Waals surface area contributed by atoms with Gasteiger partial charge in [-0.05, 0) is 43.3 Å². The van der Waals surface area contributed by atoms with Gasteiger partial charge in [0, 0.05) is 43.6 Å².